The molecule has 5 nitrogen and oxygen atoms in total. The molecule has 0 fully saturated rings. The first-order valence-corrected chi connectivity index (χ1v) is 10.1. The van der Waals surface area contributed by atoms with Crippen LogP contribution in [-0.2, 0) is 16.4 Å². The van der Waals surface area contributed by atoms with E-state index in [-0.39, 0.29) is 11.9 Å². The summed E-state index contributed by atoms with van der Waals surface area (Å²) in [5.74, 6) is -0.235. The SMILES string of the molecule is CCc1ccc([C@H](C)NC(=O)c2cccc(NS(C)(=O)=O)c2C)cc1. The van der Waals surface area contributed by atoms with Crippen molar-refractivity contribution in [3.05, 3.63) is 64.7 Å². The second kappa shape index (κ2) is 7.70. The monoisotopic (exact) mass is 360 g/mol. The minimum atomic E-state index is -3.40. The Morgan fingerprint density at radius 3 is 2.32 bits per heavy atom. The first kappa shape index (κ1) is 19.0. The number of carbonyl (C=O) groups is 1. The molecule has 0 aromatic heterocycles. The lowest BCUT2D eigenvalue weighted by molar-refractivity contribution is 0.0939. The van der Waals surface area contributed by atoms with E-state index < -0.39 is 10.0 Å². The average molecular weight is 360 g/mol. The lowest BCUT2D eigenvalue weighted by atomic mass is 10.0. The number of carbonyl (C=O) groups excluding carboxylic acids is 1. The summed E-state index contributed by atoms with van der Waals surface area (Å²) in [6.45, 7) is 5.75. The molecule has 2 N–H and O–H groups in total. The molecule has 1 amide bonds. The normalized spacial score (nSPS) is 12.5. The van der Waals surface area contributed by atoms with Crippen molar-refractivity contribution in [2.24, 2.45) is 0 Å². The first-order chi connectivity index (χ1) is 11.7. The summed E-state index contributed by atoms with van der Waals surface area (Å²) in [6.07, 6.45) is 2.06. The number of hydrogen-bond acceptors (Lipinski definition) is 3. The second-order valence-electron chi connectivity index (χ2n) is 6.14. The third-order valence-electron chi connectivity index (χ3n) is 4.11. The van der Waals surface area contributed by atoms with E-state index in [0.29, 0.717) is 16.8 Å². The van der Waals surface area contributed by atoms with Gasteiger partial charge in [0.05, 0.1) is 18.0 Å². The fourth-order valence-corrected chi connectivity index (χ4v) is 3.21. The number of aryl methyl sites for hydroxylation is 1. The van der Waals surface area contributed by atoms with Crippen molar-refractivity contribution < 1.29 is 13.2 Å². The number of hydrogen-bond donors (Lipinski definition) is 2. The van der Waals surface area contributed by atoms with Gasteiger partial charge in [-0.2, -0.15) is 0 Å². The van der Waals surface area contributed by atoms with E-state index in [0.717, 1.165) is 18.2 Å². The van der Waals surface area contributed by atoms with Crippen molar-refractivity contribution in [1.29, 1.82) is 0 Å². The van der Waals surface area contributed by atoms with E-state index in [1.165, 1.54) is 5.56 Å². The molecule has 0 spiro atoms. The smallest absolute Gasteiger partial charge is 0.252 e. The van der Waals surface area contributed by atoms with E-state index in [1.807, 2.05) is 19.1 Å². The molecule has 0 aliphatic carbocycles. The Balaban J connectivity index is 2.18. The maximum atomic E-state index is 12.6. The average Bonchev–Trinajstić information content (AvgIpc) is 2.55. The number of rotatable bonds is 6. The Kier molecular flexibility index (Phi) is 5.85. The molecule has 2 aromatic rings. The molecule has 134 valence electrons. The van der Waals surface area contributed by atoms with Crippen molar-refractivity contribution in [1.82, 2.24) is 5.32 Å². The van der Waals surface area contributed by atoms with E-state index >= 15 is 0 Å². The van der Waals surface area contributed by atoms with Crippen molar-refractivity contribution in [2.75, 3.05) is 11.0 Å². The molecule has 0 unspecified atom stereocenters. The number of amides is 1. The van der Waals surface area contributed by atoms with Crippen LogP contribution in [0, 0.1) is 6.92 Å². The van der Waals surface area contributed by atoms with Crippen LogP contribution in [0.5, 0.6) is 0 Å². The third-order valence-corrected chi connectivity index (χ3v) is 4.70. The molecule has 25 heavy (non-hydrogen) atoms. The second-order valence-corrected chi connectivity index (χ2v) is 7.89. The van der Waals surface area contributed by atoms with Crippen LogP contribution < -0.4 is 10.0 Å². The first-order valence-electron chi connectivity index (χ1n) is 8.18. The molecule has 0 saturated heterocycles. The van der Waals surface area contributed by atoms with Crippen molar-refractivity contribution in [3.63, 3.8) is 0 Å². The number of benzene rings is 2. The highest BCUT2D eigenvalue weighted by Crippen LogP contribution is 2.21. The molecule has 0 aliphatic rings. The standard InChI is InChI=1S/C19H24N2O3S/c1-5-15-9-11-16(12-10-15)14(3)20-19(22)17-7-6-8-18(13(17)2)21-25(4,23)24/h6-12,14,21H,5H2,1-4H3,(H,20,22)/t14-/m0/s1. The fraction of sp³-hybridized carbons (Fsp3) is 0.316. The summed E-state index contributed by atoms with van der Waals surface area (Å²) in [5, 5.41) is 2.96. The van der Waals surface area contributed by atoms with Gasteiger partial charge < -0.3 is 5.32 Å². The predicted molar refractivity (Wildman–Crippen MR) is 101 cm³/mol. The van der Waals surface area contributed by atoms with Gasteiger partial charge >= 0.3 is 0 Å². The van der Waals surface area contributed by atoms with Gasteiger partial charge in [0, 0.05) is 5.56 Å². The van der Waals surface area contributed by atoms with Crippen LogP contribution in [0.4, 0.5) is 5.69 Å². The molecular formula is C19H24N2O3S. The van der Waals surface area contributed by atoms with Gasteiger partial charge in [-0.3, -0.25) is 9.52 Å². The minimum Gasteiger partial charge on any atom is -0.346 e. The summed E-state index contributed by atoms with van der Waals surface area (Å²) in [5.41, 5.74) is 3.73. The van der Waals surface area contributed by atoms with Crippen molar-refractivity contribution >= 4 is 21.6 Å². The molecule has 6 heteroatoms. The van der Waals surface area contributed by atoms with Crippen LogP contribution in [-0.4, -0.2) is 20.6 Å². The number of sulfonamides is 1. The molecule has 2 rings (SSSR count). The highest BCUT2D eigenvalue weighted by molar-refractivity contribution is 7.92. The van der Waals surface area contributed by atoms with Crippen LogP contribution >= 0.6 is 0 Å². The molecule has 0 bridgehead atoms. The van der Waals surface area contributed by atoms with Gasteiger partial charge in [-0.15, -0.1) is 0 Å². The molecule has 1 atom stereocenters. The number of anilines is 1. The molecule has 0 radical (unpaired) electrons. The van der Waals surface area contributed by atoms with Crippen LogP contribution in [0.25, 0.3) is 0 Å². The van der Waals surface area contributed by atoms with Gasteiger partial charge in [-0.05, 0) is 49.1 Å². The van der Waals surface area contributed by atoms with Crippen LogP contribution in [0.1, 0.15) is 46.9 Å². The van der Waals surface area contributed by atoms with Crippen LogP contribution in [0.2, 0.25) is 0 Å². The van der Waals surface area contributed by atoms with Gasteiger partial charge in [0.1, 0.15) is 0 Å². The quantitative estimate of drug-likeness (QED) is 0.829. The van der Waals surface area contributed by atoms with Gasteiger partial charge in [-0.1, -0.05) is 37.3 Å². The lowest BCUT2D eigenvalue weighted by Crippen LogP contribution is -2.27. The van der Waals surface area contributed by atoms with Crippen molar-refractivity contribution in [3.8, 4) is 0 Å². The van der Waals surface area contributed by atoms with Crippen LogP contribution in [0.15, 0.2) is 42.5 Å². The highest BCUT2D eigenvalue weighted by Gasteiger charge is 2.16. The third kappa shape index (κ3) is 5.06. The van der Waals surface area contributed by atoms with Gasteiger partial charge in [0.25, 0.3) is 5.91 Å². The van der Waals surface area contributed by atoms with E-state index in [2.05, 4.69) is 29.1 Å². The Morgan fingerprint density at radius 1 is 1.12 bits per heavy atom. The molecule has 2 aromatic carbocycles. The van der Waals surface area contributed by atoms with Crippen LogP contribution in [0.3, 0.4) is 0 Å². The summed E-state index contributed by atoms with van der Waals surface area (Å²) >= 11 is 0. The summed E-state index contributed by atoms with van der Waals surface area (Å²) in [7, 11) is -3.40. The zero-order chi connectivity index (χ0) is 18.6. The molecule has 0 saturated carbocycles. The summed E-state index contributed by atoms with van der Waals surface area (Å²) in [6, 6.07) is 13.0. The number of nitrogens with one attached hydrogen (secondary N) is 2. The summed E-state index contributed by atoms with van der Waals surface area (Å²) in [4.78, 5) is 12.6. The largest absolute Gasteiger partial charge is 0.346 e. The summed E-state index contributed by atoms with van der Waals surface area (Å²) < 4.78 is 25.3. The van der Waals surface area contributed by atoms with E-state index in [1.54, 1.807) is 25.1 Å². The maximum absolute atomic E-state index is 12.6. The van der Waals surface area contributed by atoms with Gasteiger partial charge in [-0.25, -0.2) is 8.42 Å². The van der Waals surface area contributed by atoms with Crippen molar-refractivity contribution in [2.45, 2.75) is 33.2 Å². The zero-order valence-corrected chi connectivity index (χ0v) is 15.8. The van der Waals surface area contributed by atoms with Gasteiger partial charge in [0.2, 0.25) is 10.0 Å². The topological polar surface area (TPSA) is 75.3 Å². The molecule has 0 aliphatic heterocycles. The lowest BCUT2D eigenvalue weighted by Gasteiger charge is -2.17. The Bertz CT molecular complexity index is 859. The fourth-order valence-electron chi connectivity index (χ4n) is 2.59. The van der Waals surface area contributed by atoms with Gasteiger partial charge in [0.15, 0.2) is 0 Å². The molecular weight excluding hydrogens is 336 g/mol. The predicted octanol–water partition coefficient (Wildman–Crippen LogP) is 3.42. The Labute approximate surface area is 149 Å². The maximum Gasteiger partial charge on any atom is 0.252 e. The minimum absolute atomic E-state index is 0.149. The molecule has 0 heterocycles. The zero-order valence-electron chi connectivity index (χ0n) is 15.0. The highest BCUT2D eigenvalue weighted by atomic mass is 32.2. The Morgan fingerprint density at radius 2 is 1.76 bits per heavy atom. The van der Waals surface area contributed by atoms with E-state index in [4.69, 9.17) is 0 Å². The Hall–Kier alpha value is -2.34. The van der Waals surface area contributed by atoms with E-state index in [9.17, 15) is 13.2 Å².